The zero-order valence-electron chi connectivity index (χ0n) is 22.2. The largest absolute Gasteiger partial charge is 0.462 e. The maximum absolute atomic E-state index is 12.3. The van der Waals surface area contributed by atoms with E-state index in [9.17, 15) is 9.59 Å². The van der Waals surface area contributed by atoms with Crippen molar-refractivity contribution < 1.29 is 19.1 Å². The molecule has 0 N–H and O–H groups in total. The molecule has 0 aliphatic carbocycles. The second-order valence-electron chi connectivity index (χ2n) is 9.59. The van der Waals surface area contributed by atoms with Gasteiger partial charge in [-0.15, -0.1) is 0 Å². The molecule has 0 amide bonds. The van der Waals surface area contributed by atoms with E-state index in [4.69, 9.17) is 9.47 Å². The molecule has 34 heavy (non-hydrogen) atoms. The van der Waals surface area contributed by atoms with Gasteiger partial charge in [-0.2, -0.15) is 0 Å². The second-order valence-corrected chi connectivity index (χ2v) is 9.59. The number of hydrogen-bond acceptors (Lipinski definition) is 4. The Bertz CT molecular complexity index is 651. The Morgan fingerprint density at radius 1 is 0.647 bits per heavy atom. The molecule has 1 aromatic rings. The molecule has 0 fully saturated rings. The van der Waals surface area contributed by atoms with E-state index in [1.165, 1.54) is 77.0 Å². The summed E-state index contributed by atoms with van der Waals surface area (Å²) in [6, 6.07) is 6.64. The van der Waals surface area contributed by atoms with Crippen LogP contribution in [-0.2, 0) is 9.47 Å². The molecule has 194 valence electrons. The Labute approximate surface area is 209 Å². The zero-order valence-corrected chi connectivity index (χ0v) is 22.2. The van der Waals surface area contributed by atoms with Crippen LogP contribution in [0.4, 0.5) is 0 Å². The van der Waals surface area contributed by atoms with Gasteiger partial charge in [0.25, 0.3) is 0 Å². The number of hydrogen-bond donors (Lipinski definition) is 0. The van der Waals surface area contributed by atoms with Crippen molar-refractivity contribution in [3.8, 4) is 0 Å². The van der Waals surface area contributed by atoms with Gasteiger partial charge in [0.05, 0.1) is 24.3 Å². The highest BCUT2D eigenvalue weighted by Crippen LogP contribution is 2.14. The highest BCUT2D eigenvalue weighted by molar-refractivity contribution is 5.95. The summed E-state index contributed by atoms with van der Waals surface area (Å²) < 4.78 is 10.8. The zero-order chi connectivity index (χ0) is 24.9. The van der Waals surface area contributed by atoms with E-state index in [-0.39, 0.29) is 11.9 Å². The minimum absolute atomic E-state index is 0.371. The van der Waals surface area contributed by atoms with Gasteiger partial charge in [-0.1, -0.05) is 123 Å². The summed E-state index contributed by atoms with van der Waals surface area (Å²) in [7, 11) is 0. The Morgan fingerprint density at radius 3 is 1.56 bits per heavy atom. The number of ether oxygens (including phenoxy) is 2. The first-order valence-corrected chi connectivity index (χ1v) is 14.1. The molecule has 0 saturated carbocycles. The number of rotatable bonds is 21. The Balaban J connectivity index is 2.09. The van der Waals surface area contributed by atoms with E-state index in [1.54, 1.807) is 24.3 Å². The fourth-order valence-corrected chi connectivity index (χ4v) is 4.12. The lowest BCUT2D eigenvalue weighted by Gasteiger charge is -2.13. The standard InChI is InChI=1S/C30H50O4/c1-4-7-8-9-10-11-12-13-14-15-16-17-18-19-23-33-29(31)27-21-20-22-28(24-27)30(32)34-25-26(5-2)6-3/h20-22,24,26H,4-19,23,25H2,1-3H3. The Kier molecular flexibility index (Phi) is 18.2. The van der Waals surface area contributed by atoms with Gasteiger partial charge in [0.15, 0.2) is 0 Å². The Morgan fingerprint density at radius 2 is 1.09 bits per heavy atom. The van der Waals surface area contributed by atoms with Crippen LogP contribution in [0.2, 0.25) is 0 Å². The van der Waals surface area contributed by atoms with Crippen LogP contribution in [0.1, 0.15) is 144 Å². The van der Waals surface area contributed by atoms with Gasteiger partial charge in [-0.05, 0) is 30.5 Å². The molecule has 0 atom stereocenters. The lowest BCUT2D eigenvalue weighted by molar-refractivity contribution is 0.0433. The van der Waals surface area contributed by atoms with Gasteiger partial charge < -0.3 is 9.47 Å². The first-order chi connectivity index (χ1) is 16.6. The molecule has 0 aliphatic rings. The summed E-state index contributed by atoms with van der Waals surface area (Å²) in [4.78, 5) is 24.6. The highest BCUT2D eigenvalue weighted by Gasteiger charge is 2.14. The fourth-order valence-electron chi connectivity index (χ4n) is 4.12. The van der Waals surface area contributed by atoms with Crippen molar-refractivity contribution >= 4 is 11.9 Å². The van der Waals surface area contributed by atoms with Crippen LogP contribution in [0.5, 0.6) is 0 Å². The molecule has 4 nitrogen and oxygen atoms in total. The maximum atomic E-state index is 12.3. The number of carbonyl (C=O) groups excluding carboxylic acids is 2. The van der Waals surface area contributed by atoms with Gasteiger partial charge in [-0.3, -0.25) is 0 Å². The summed E-state index contributed by atoms with van der Waals surface area (Å²) in [5, 5.41) is 0. The van der Waals surface area contributed by atoms with Crippen LogP contribution >= 0.6 is 0 Å². The second kappa shape index (κ2) is 20.5. The first-order valence-electron chi connectivity index (χ1n) is 14.1. The third kappa shape index (κ3) is 14.4. The normalized spacial score (nSPS) is 11.1. The van der Waals surface area contributed by atoms with E-state index in [0.717, 1.165) is 25.7 Å². The van der Waals surface area contributed by atoms with E-state index in [0.29, 0.717) is 30.3 Å². The summed E-state index contributed by atoms with van der Waals surface area (Å²) in [5.41, 5.74) is 0.805. The van der Waals surface area contributed by atoms with Crippen LogP contribution in [0.3, 0.4) is 0 Å². The third-order valence-electron chi connectivity index (χ3n) is 6.67. The van der Waals surface area contributed by atoms with Gasteiger partial charge >= 0.3 is 11.9 Å². The van der Waals surface area contributed by atoms with Crippen LogP contribution in [0.15, 0.2) is 24.3 Å². The van der Waals surface area contributed by atoms with Crippen LogP contribution in [0.25, 0.3) is 0 Å². The van der Waals surface area contributed by atoms with Gasteiger partial charge in [0, 0.05) is 0 Å². The molecule has 0 aliphatic heterocycles. The quantitative estimate of drug-likeness (QED) is 0.132. The summed E-state index contributed by atoms with van der Waals surface area (Å²) >= 11 is 0. The molecule has 0 bridgehead atoms. The molecule has 0 spiro atoms. The van der Waals surface area contributed by atoms with Crippen LogP contribution in [-0.4, -0.2) is 25.2 Å². The van der Waals surface area contributed by atoms with Crippen LogP contribution < -0.4 is 0 Å². The highest BCUT2D eigenvalue weighted by atomic mass is 16.5. The molecular formula is C30H50O4. The molecule has 0 unspecified atom stereocenters. The van der Waals surface area contributed by atoms with Crippen molar-refractivity contribution in [2.24, 2.45) is 5.92 Å². The van der Waals surface area contributed by atoms with Crippen LogP contribution in [0, 0.1) is 5.92 Å². The molecule has 0 radical (unpaired) electrons. The van der Waals surface area contributed by atoms with Crippen molar-refractivity contribution in [3.63, 3.8) is 0 Å². The van der Waals surface area contributed by atoms with Crippen molar-refractivity contribution in [1.29, 1.82) is 0 Å². The van der Waals surface area contributed by atoms with E-state index in [2.05, 4.69) is 20.8 Å². The lowest BCUT2D eigenvalue weighted by atomic mass is 10.0. The van der Waals surface area contributed by atoms with Gasteiger partial charge in [0.1, 0.15) is 0 Å². The predicted molar refractivity (Wildman–Crippen MR) is 141 cm³/mol. The lowest BCUT2D eigenvalue weighted by Crippen LogP contribution is -2.14. The van der Waals surface area contributed by atoms with E-state index in [1.807, 2.05) is 0 Å². The van der Waals surface area contributed by atoms with Crippen molar-refractivity contribution in [2.45, 2.75) is 124 Å². The third-order valence-corrected chi connectivity index (χ3v) is 6.67. The van der Waals surface area contributed by atoms with E-state index < -0.39 is 0 Å². The van der Waals surface area contributed by atoms with Crippen molar-refractivity contribution in [3.05, 3.63) is 35.4 Å². The molecule has 0 heterocycles. The molecule has 1 rings (SSSR count). The average Bonchev–Trinajstić information content (AvgIpc) is 2.86. The summed E-state index contributed by atoms with van der Waals surface area (Å²) in [5.74, 6) is -0.375. The molecule has 0 aromatic heterocycles. The number of carbonyl (C=O) groups is 2. The number of benzene rings is 1. The first kappa shape index (κ1) is 30.2. The maximum Gasteiger partial charge on any atom is 0.338 e. The van der Waals surface area contributed by atoms with E-state index >= 15 is 0 Å². The van der Waals surface area contributed by atoms with Gasteiger partial charge in [-0.25, -0.2) is 9.59 Å². The summed E-state index contributed by atoms with van der Waals surface area (Å²) in [6.45, 7) is 7.30. The monoisotopic (exact) mass is 474 g/mol. The topological polar surface area (TPSA) is 52.6 Å². The SMILES string of the molecule is CCCCCCCCCCCCCCCCOC(=O)c1cccc(C(=O)OCC(CC)CC)c1. The minimum atomic E-state index is -0.381. The smallest absolute Gasteiger partial charge is 0.338 e. The van der Waals surface area contributed by atoms with Crippen molar-refractivity contribution in [2.75, 3.05) is 13.2 Å². The molecule has 4 heteroatoms. The average molecular weight is 475 g/mol. The predicted octanol–water partition coefficient (Wildman–Crippen LogP) is 8.92. The molecule has 0 saturated heterocycles. The number of esters is 2. The fraction of sp³-hybridized carbons (Fsp3) is 0.733. The summed E-state index contributed by atoms with van der Waals surface area (Å²) in [6.07, 6.45) is 20.2. The molecule has 1 aromatic carbocycles. The molecular weight excluding hydrogens is 424 g/mol. The van der Waals surface area contributed by atoms with Gasteiger partial charge in [0.2, 0.25) is 0 Å². The number of unbranched alkanes of at least 4 members (excludes halogenated alkanes) is 13. The van der Waals surface area contributed by atoms with Crippen molar-refractivity contribution in [1.82, 2.24) is 0 Å². The Hall–Kier alpha value is -1.84. The minimum Gasteiger partial charge on any atom is -0.462 e.